The minimum atomic E-state index is 0.109. The van der Waals surface area contributed by atoms with Crippen molar-refractivity contribution in [2.24, 2.45) is 5.41 Å². The number of benzene rings is 1. The molecule has 1 atom stereocenters. The topological polar surface area (TPSA) is 36.7 Å². The third-order valence-electron chi connectivity index (χ3n) is 7.11. The zero-order valence-corrected chi connectivity index (χ0v) is 15.8. The third kappa shape index (κ3) is 2.91. The Bertz CT molecular complexity index is 772. The molecule has 3 aliphatic rings. The molecule has 5 rings (SSSR count). The monoisotopic (exact) mass is 364 g/mol. The summed E-state index contributed by atoms with van der Waals surface area (Å²) in [6.45, 7) is 2.94. The number of rotatable bonds is 3. The normalized spacial score (nSPS) is 25.6. The van der Waals surface area contributed by atoms with E-state index in [2.05, 4.69) is 35.2 Å². The maximum Gasteiger partial charge on any atom is 0.257 e. The average molecular weight is 364 g/mol. The highest BCUT2D eigenvalue weighted by atomic mass is 16.3. The van der Waals surface area contributed by atoms with Crippen molar-refractivity contribution in [2.45, 2.75) is 50.6 Å². The molecule has 27 heavy (non-hydrogen) atoms. The fourth-order valence-corrected chi connectivity index (χ4v) is 5.78. The number of hydrogen-bond donors (Lipinski definition) is 0. The van der Waals surface area contributed by atoms with Gasteiger partial charge in [0.25, 0.3) is 5.91 Å². The van der Waals surface area contributed by atoms with Gasteiger partial charge in [-0.05, 0) is 37.3 Å². The number of carbonyl (C=O) groups is 1. The first-order valence-electron chi connectivity index (χ1n) is 10.4. The molecule has 3 heterocycles. The largest absolute Gasteiger partial charge is 0.472 e. The first-order valence-corrected chi connectivity index (χ1v) is 10.4. The summed E-state index contributed by atoms with van der Waals surface area (Å²) in [5.41, 5.74) is 2.66. The van der Waals surface area contributed by atoms with E-state index >= 15 is 0 Å². The molecule has 1 aromatic heterocycles. The van der Waals surface area contributed by atoms with E-state index in [1.165, 1.54) is 37.8 Å². The van der Waals surface area contributed by atoms with Crippen LogP contribution in [0.15, 0.2) is 53.3 Å². The van der Waals surface area contributed by atoms with Crippen LogP contribution in [0.5, 0.6) is 0 Å². The maximum atomic E-state index is 12.6. The van der Waals surface area contributed by atoms with Crippen LogP contribution < -0.4 is 0 Å². The molecule has 4 heteroatoms. The predicted octanol–water partition coefficient (Wildman–Crippen LogP) is 4.50. The Balaban J connectivity index is 1.29. The fourth-order valence-electron chi connectivity index (χ4n) is 5.78. The summed E-state index contributed by atoms with van der Waals surface area (Å²) in [7, 11) is 0. The van der Waals surface area contributed by atoms with Crippen molar-refractivity contribution in [3.63, 3.8) is 0 Å². The number of carbonyl (C=O) groups excluding carboxylic acids is 1. The maximum absolute atomic E-state index is 12.6. The van der Waals surface area contributed by atoms with Crippen LogP contribution in [0.4, 0.5) is 0 Å². The lowest BCUT2D eigenvalue weighted by atomic mass is 9.66. The van der Waals surface area contributed by atoms with E-state index < -0.39 is 0 Å². The third-order valence-corrected chi connectivity index (χ3v) is 7.11. The summed E-state index contributed by atoms with van der Waals surface area (Å²) in [6.07, 6.45) is 10.8. The van der Waals surface area contributed by atoms with Gasteiger partial charge in [-0.15, -0.1) is 0 Å². The Kier molecular flexibility index (Phi) is 4.31. The number of likely N-dealkylation sites (tertiary alicyclic amines) is 2. The predicted molar refractivity (Wildman–Crippen MR) is 104 cm³/mol. The van der Waals surface area contributed by atoms with Gasteiger partial charge in [0.1, 0.15) is 6.26 Å². The Morgan fingerprint density at radius 1 is 1.04 bits per heavy atom. The van der Waals surface area contributed by atoms with Gasteiger partial charge in [-0.1, -0.05) is 43.2 Å². The molecule has 1 aromatic carbocycles. The van der Waals surface area contributed by atoms with Crippen LogP contribution in [0.2, 0.25) is 0 Å². The Morgan fingerprint density at radius 3 is 2.44 bits per heavy atom. The average Bonchev–Trinajstić information content (AvgIpc) is 3.40. The van der Waals surface area contributed by atoms with Crippen LogP contribution >= 0.6 is 0 Å². The zero-order chi connectivity index (χ0) is 18.3. The molecule has 2 aliphatic heterocycles. The summed E-state index contributed by atoms with van der Waals surface area (Å²) in [4.78, 5) is 17.3. The van der Waals surface area contributed by atoms with Crippen LogP contribution in [-0.4, -0.2) is 41.4 Å². The van der Waals surface area contributed by atoms with Gasteiger partial charge in [-0.2, -0.15) is 0 Å². The molecule has 2 saturated heterocycles. The van der Waals surface area contributed by atoms with Crippen LogP contribution in [0.3, 0.4) is 0 Å². The van der Waals surface area contributed by atoms with E-state index in [0.29, 0.717) is 23.1 Å². The number of furan rings is 1. The Labute approximate surface area is 161 Å². The zero-order valence-electron chi connectivity index (χ0n) is 15.8. The van der Waals surface area contributed by atoms with Gasteiger partial charge >= 0.3 is 0 Å². The molecule has 4 nitrogen and oxygen atoms in total. The number of piperidine rings is 1. The summed E-state index contributed by atoms with van der Waals surface area (Å²) in [6, 6.07) is 14.0. The number of amides is 1. The van der Waals surface area contributed by atoms with E-state index in [9.17, 15) is 4.79 Å². The lowest BCUT2D eigenvalue weighted by Crippen LogP contribution is -2.62. The first-order chi connectivity index (χ1) is 13.3. The summed E-state index contributed by atoms with van der Waals surface area (Å²) in [5, 5.41) is 0. The molecule has 2 aromatic rings. The van der Waals surface area contributed by atoms with Crippen LogP contribution in [0, 0.1) is 5.41 Å². The highest BCUT2D eigenvalue weighted by molar-refractivity contribution is 5.93. The second-order valence-corrected chi connectivity index (χ2v) is 8.59. The number of hydrogen-bond acceptors (Lipinski definition) is 3. The smallest absolute Gasteiger partial charge is 0.257 e. The molecular formula is C23H28N2O2. The van der Waals surface area contributed by atoms with Gasteiger partial charge in [-0.25, -0.2) is 0 Å². The van der Waals surface area contributed by atoms with Crippen LogP contribution in [0.1, 0.15) is 60.5 Å². The van der Waals surface area contributed by atoms with Crippen molar-refractivity contribution in [1.82, 2.24) is 9.80 Å². The highest BCUT2D eigenvalue weighted by Crippen LogP contribution is 2.59. The molecule has 1 unspecified atom stereocenters. The minimum absolute atomic E-state index is 0.109. The molecule has 0 radical (unpaired) electrons. The van der Waals surface area contributed by atoms with E-state index in [1.54, 1.807) is 18.6 Å². The van der Waals surface area contributed by atoms with Gasteiger partial charge in [-0.3, -0.25) is 9.69 Å². The molecule has 3 fully saturated rings. The summed E-state index contributed by atoms with van der Waals surface area (Å²) in [5.74, 6) is 0.109. The minimum Gasteiger partial charge on any atom is -0.472 e. The molecule has 1 spiro atoms. The van der Waals surface area contributed by atoms with Gasteiger partial charge < -0.3 is 9.32 Å². The fraction of sp³-hybridized carbons (Fsp3) is 0.522. The summed E-state index contributed by atoms with van der Waals surface area (Å²) >= 11 is 0. The van der Waals surface area contributed by atoms with E-state index in [-0.39, 0.29) is 5.91 Å². The lowest BCUT2D eigenvalue weighted by Gasteiger charge is -2.60. The first kappa shape index (κ1) is 17.1. The van der Waals surface area contributed by atoms with E-state index in [1.807, 2.05) is 4.90 Å². The number of nitrogens with zero attached hydrogens (tertiary/aromatic N) is 2. The van der Waals surface area contributed by atoms with Gasteiger partial charge in [0.05, 0.1) is 11.8 Å². The van der Waals surface area contributed by atoms with Gasteiger partial charge in [0.2, 0.25) is 0 Å². The highest BCUT2D eigenvalue weighted by Gasteiger charge is 2.55. The Morgan fingerprint density at radius 2 is 1.78 bits per heavy atom. The molecule has 0 N–H and O–H groups in total. The Hall–Kier alpha value is -2.07. The van der Waals surface area contributed by atoms with Gasteiger partial charge in [0.15, 0.2) is 0 Å². The van der Waals surface area contributed by atoms with Crippen molar-refractivity contribution >= 4 is 5.91 Å². The van der Waals surface area contributed by atoms with Crippen molar-refractivity contribution in [3.05, 3.63) is 60.1 Å². The molecule has 0 bridgehead atoms. The van der Waals surface area contributed by atoms with Crippen molar-refractivity contribution in [1.29, 1.82) is 0 Å². The van der Waals surface area contributed by atoms with Crippen LogP contribution in [0.25, 0.3) is 0 Å². The van der Waals surface area contributed by atoms with Crippen molar-refractivity contribution in [3.8, 4) is 0 Å². The van der Waals surface area contributed by atoms with Crippen molar-refractivity contribution in [2.75, 3.05) is 19.6 Å². The standard InChI is InChI=1S/C23H28N2O2/c26-22(19-10-15-27-16-19)24-13-8-20(9-14-24)25-17-23(11-4-5-12-23)21(25)18-6-2-1-3-7-18/h1-3,6-7,10,15-16,20-21H,4-5,8-9,11-14,17H2. The SMILES string of the molecule is O=C(c1ccoc1)N1CCC(N2CC3(CCCC3)C2c2ccccc2)CC1. The lowest BCUT2D eigenvalue weighted by molar-refractivity contribution is -0.111. The quantitative estimate of drug-likeness (QED) is 0.804. The van der Waals surface area contributed by atoms with Gasteiger partial charge in [0, 0.05) is 37.1 Å². The van der Waals surface area contributed by atoms with Crippen LogP contribution in [-0.2, 0) is 0 Å². The second-order valence-electron chi connectivity index (χ2n) is 8.59. The summed E-state index contributed by atoms with van der Waals surface area (Å²) < 4.78 is 5.07. The van der Waals surface area contributed by atoms with E-state index in [0.717, 1.165) is 25.9 Å². The molecule has 1 saturated carbocycles. The van der Waals surface area contributed by atoms with E-state index in [4.69, 9.17) is 4.42 Å². The molecule has 1 aliphatic carbocycles. The molecule has 142 valence electrons. The van der Waals surface area contributed by atoms with Crippen molar-refractivity contribution < 1.29 is 9.21 Å². The molecule has 1 amide bonds. The second kappa shape index (κ2) is 6.83. The molecular weight excluding hydrogens is 336 g/mol.